The van der Waals surface area contributed by atoms with Crippen molar-refractivity contribution in [1.29, 1.82) is 5.41 Å². The lowest BCUT2D eigenvalue weighted by atomic mass is 9.92. The molecule has 7 heteroatoms. The third-order valence-electron chi connectivity index (χ3n) is 5.92. The molecule has 5 nitrogen and oxygen atoms in total. The summed E-state index contributed by atoms with van der Waals surface area (Å²) in [5.74, 6) is -1.05. The summed E-state index contributed by atoms with van der Waals surface area (Å²) in [5, 5.41) is 14.5. The molecule has 0 aromatic heterocycles. The maximum atomic E-state index is 13.8. The first-order valence-electron chi connectivity index (χ1n) is 10.2. The molecule has 30 heavy (non-hydrogen) atoms. The molecule has 0 amide bonds. The molecule has 2 aliphatic rings. The highest BCUT2D eigenvalue weighted by atomic mass is 19.2. The molecule has 1 saturated heterocycles. The molecule has 0 bridgehead atoms. The van der Waals surface area contributed by atoms with Crippen LogP contribution in [-0.4, -0.2) is 38.4 Å². The largest absolute Gasteiger partial charge is 0.456 e. The molecule has 158 valence electrons. The van der Waals surface area contributed by atoms with Crippen molar-refractivity contribution in [3.8, 4) is 11.5 Å². The third-order valence-corrected chi connectivity index (χ3v) is 5.92. The second-order valence-corrected chi connectivity index (χ2v) is 7.88. The zero-order valence-electron chi connectivity index (χ0n) is 17.1. The number of hydrogen-bond acceptors (Lipinski definition) is 5. The second-order valence-electron chi connectivity index (χ2n) is 7.88. The zero-order chi connectivity index (χ0) is 21.3. The summed E-state index contributed by atoms with van der Waals surface area (Å²) >= 11 is 0. The summed E-state index contributed by atoms with van der Waals surface area (Å²) in [6.07, 6.45) is 4.87. The molecule has 1 unspecified atom stereocenters. The molecule has 0 radical (unpaired) electrons. The van der Waals surface area contributed by atoms with Crippen LogP contribution >= 0.6 is 0 Å². The molecule has 0 spiro atoms. The number of fused-ring (bicyclic) bond motifs is 1. The Bertz CT molecular complexity index is 987. The second kappa shape index (κ2) is 8.44. The Labute approximate surface area is 175 Å². The van der Waals surface area contributed by atoms with Gasteiger partial charge in [-0.1, -0.05) is 0 Å². The van der Waals surface area contributed by atoms with E-state index < -0.39 is 11.6 Å². The van der Waals surface area contributed by atoms with Crippen molar-refractivity contribution in [3.05, 3.63) is 59.3 Å². The van der Waals surface area contributed by atoms with Crippen LogP contribution in [-0.2, 0) is 6.42 Å². The smallest absolute Gasteiger partial charge is 0.162 e. The standard InChI is InChI=1S/C23H26F2N4O/c1-14-3-5-19-22(29(14)2)8-6-18(15(10-26)11-28-16-12-27-13-16)23(19)30-17-4-7-20(24)21(25)9-17/h4,6-11,14,16,26-28H,3,5,12-13H2,1-2H3/b15-11+,26-10?. The van der Waals surface area contributed by atoms with E-state index in [0.29, 0.717) is 23.4 Å². The van der Waals surface area contributed by atoms with Crippen molar-refractivity contribution in [1.82, 2.24) is 10.6 Å². The summed E-state index contributed by atoms with van der Waals surface area (Å²) in [6.45, 7) is 3.94. The first kappa shape index (κ1) is 20.3. The molecule has 3 N–H and O–H groups in total. The Morgan fingerprint density at radius 2 is 2.03 bits per heavy atom. The first-order chi connectivity index (χ1) is 14.5. The van der Waals surface area contributed by atoms with Crippen LogP contribution in [0.2, 0.25) is 0 Å². The van der Waals surface area contributed by atoms with Crippen LogP contribution in [0.5, 0.6) is 11.5 Å². The average Bonchev–Trinajstić information content (AvgIpc) is 2.70. The minimum Gasteiger partial charge on any atom is -0.456 e. The maximum Gasteiger partial charge on any atom is 0.162 e. The number of rotatable bonds is 6. The molecule has 2 aromatic rings. The Morgan fingerprint density at radius 1 is 1.23 bits per heavy atom. The highest BCUT2D eigenvalue weighted by Gasteiger charge is 2.26. The van der Waals surface area contributed by atoms with Crippen molar-refractivity contribution in [2.24, 2.45) is 0 Å². The van der Waals surface area contributed by atoms with Gasteiger partial charge in [0.05, 0.1) is 6.04 Å². The van der Waals surface area contributed by atoms with Gasteiger partial charge in [-0.3, -0.25) is 0 Å². The van der Waals surface area contributed by atoms with Crippen LogP contribution in [0.15, 0.2) is 36.5 Å². The van der Waals surface area contributed by atoms with Crippen molar-refractivity contribution in [2.75, 3.05) is 25.0 Å². The maximum absolute atomic E-state index is 13.8. The van der Waals surface area contributed by atoms with Gasteiger partial charge in [-0.15, -0.1) is 0 Å². The fourth-order valence-corrected chi connectivity index (χ4v) is 3.79. The van der Waals surface area contributed by atoms with E-state index in [4.69, 9.17) is 10.1 Å². The summed E-state index contributed by atoms with van der Waals surface area (Å²) < 4.78 is 33.3. The number of nitrogens with zero attached hydrogens (tertiary/aromatic N) is 1. The first-order valence-corrected chi connectivity index (χ1v) is 10.2. The van der Waals surface area contributed by atoms with Gasteiger partial charge in [0.1, 0.15) is 11.5 Å². The number of ether oxygens (including phenoxy) is 1. The van der Waals surface area contributed by atoms with Gasteiger partial charge >= 0.3 is 0 Å². The van der Waals surface area contributed by atoms with E-state index in [1.165, 1.54) is 12.3 Å². The topological polar surface area (TPSA) is 60.4 Å². The molecule has 1 fully saturated rings. The minimum atomic E-state index is -0.952. The monoisotopic (exact) mass is 412 g/mol. The van der Waals surface area contributed by atoms with Crippen LogP contribution in [0, 0.1) is 17.0 Å². The fraction of sp³-hybridized carbons (Fsp3) is 0.348. The number of hydrogen-bond donors (Lipinski definition) is 3. The predicted octanol–water partition coefficient (Wildman–Crippen LogP) is 4.08. The molecular formula is C23H26F2N4O. The SMILES string of the molecule is CC1CCc2c(ccc(/C(C=N)=C/NC3CNC3)c2Oc2ccc(F)c(F)c2)N1C. The van der Waals surface area contributed by atoms with Gasteiger partial charge in [0.15, 0.2) is 11.6 Å². The van der Waals surface area contributed by atoms with Crippen LogP contribution < -0.4 is 20.3 Å². The van der Waals surface area contributed by atoms with E-state index in [2.05, 4.69) is 22.5 Å². The Hall–Kier alpha value is -2.93. The van der Waals surface area contributed by atoms with Crippen molar-refractivity contribution in [2.45, 2.75) is 31.8 Å². The lowest BCUT2D eigenvalue weighted by Gasteiger charge is -2.35. The number of benzene rings is 2. The average molecular weight is 412 g/mol. The lowest BCUT2D eigenvalue weighted by Crippen LogP contribution is -2.53. The Kier molecular flexibility index (Phi) is 5.72. The lowest BCUT2D eigenvalue weighted by molar-refractivity contribution is 0.401. The van der Waals surface area contributed by atoms with Gasteiger partial charge in [0, 0.05) is 67.0 Å². The van der Waals surface area contributed by atoms with Gasteiger partial charge in [-0.25, -0.2) is 8.78 Å². The van der Waals surface area contributed by atoms with Crippen molar-refractivity contribution < 1.29 is 13.5 Å². The van der Waals surface area contributed by atoms with Crippen LogP contribution in [0.4, 0.5) is 14.5 Å². The molecule has 2 heterocycles. The third kappa shape index (κ3) is 3.89. The summed E-state index contributed by atoms with van der Waals surface area (Å²) in [6, 6.07) is 8.24. The van der Waals surface area contributed by atoms with Crippen molar-refractivity contribution >= 4 is 17.5 Å². The number of anilines is 1. The summed E-state index contributed by atoms with van der Waals surface area (Å²) in [5.41, 5.74) is 3.48. The highest BCUT2D eigenvalue weighted by Crippen LogP contribution is 2.42. The highest BCUT2D eigenvalue weighted by molar-refractivity contribution is 6.09. The van der Waals surface area contributed by atoms with E-state index in [1.54, 1.807) is 0 Å². The molecule has 2 aliphatic heterocycles. The van der Waals surface area contributed by atoms with Crippen LogP contribution in [0.1, 0.15) is 24.5 Å². The molecule has 4 rings (SSSR count). The van der Waals surface area contributed by atoms with Gasteiger partial charge in [-0.05, 0) is 44.0 Å². The van der Waals surface area contributed by atoms with E-state index in [0.717, 1.165) is 54.9 Å². The fourth-order valence-electron chi connectivity index (χ4n) is 3.79. The molecule has 1 atom stereocenters. The van der Waals surface area contributed by atoms with E-state index >= 15 is 0 Å². The van der Waals surface area contributed by atoms with E-state index in [-0.39, 0.29) is 5.75 Å². The van der Waals surface area contributed by atoms with Crippen LogP contribution in [0.25, 0.3) is 5.57 Å². The van der Waals surface area contributed by atoms with E-state index in [1.807, 2.05) is 25.4 Å². The van der Waals surface area contributed by atoms with Crippen LogP contribution in [0.3, 0.4) is 0 Å². The van der Waals surface area contributed by atoms with Gasteiger partial charge in [0.2, 0.25) is 0 Å². The van der Waals surface area contributed by atoms with Gasteiger partial charge in [-0.2, -0.15) is 0 Å². The molecule has 2 aromatic carbocycles. The van der Waals surface area contributed by atoms with Crippen molar-refractivity contribution in [3.63, 3.8) is 0 Å². The number of allylic oxidation sites excluding steroid dienone is 1. The Morgan fingerprint density at radius 3 is 2.70 bits per heavy atom. The molecule has 0 saturated carbocycles. The van der Waals surface area contributed by atoms with E-state index in [9.17, 15) is 8.78 Å². The minimum absolute atomic E-state index is 0.227. The number of nitrogens with one attached hydrogen (secondary N) is 3. The Balaban J connectivity index is 1.78. The van der Waals surface area contributed by atoms with Gasteiger partial charge < -0.3 is 25.7 Å². The summed E-state index contributed by atoms with van der Waals surface area (Å²) in [4.78, 5) is 2.20. The quantitative estimate of drug-likeness (QED) is 0.626. The normalized spacial score (nSPS) is 19.1. The molecule has 0 aliphatic carbocycles. The molecular weight excluding hydrogens is 386 g/mol. The summed E-state index contributed by atoms with van der Waals surface area (Å²) in [7, 11) is 2.04. The number of halogens is 2. The predicted molar refractivity (Wildman–Crippen MR) is 116 cm³/mol. The van der Waals surface area contributed by atoms with Gasteiger partial charge in [0.25, 0.3) is 0 Å². The zero-order valence-corrected chi connectivity index (χ0v) is 17.1.